The molecule has 2 aromatic rings. The second-order valence-corrected chi connectivity index (χ2v) is 6.34. The van der Waals surface area contributed by atoms with E-state index in [1.807, 2.05) is 0 Å². The van der Waals surface area contributed by atoms with Crippen molar-refractivity contribution in [3.8, 4) is 5.75 Å². The van der Waals surface area contributed by atoms with E-state index in [0.717, 1.165) is 4.47 Å². The molecule has 0 saturated carbocycles. The second kappa shape index (κ2) is 6.72. The molecule has 1 aromatic heterocycles. The minimum Gasteiger partial charge on any atom is -0.456 e. The van der Waals surface area contributed by atoms with Gasteiger partial charge in [0.05, 0.1) is 5.56 Å². The van der Waals surface area contributed by atoms with Crippen LogP contribution < -0.4 is 4.74 Å². The molecule has 0 saturated heterocycles. The lowest BCUT2D eigenvalue weighted by Gasteiger charge is -2.21. The predicted molar refractivity (Wildman–Crippen MR) is 91.8 cm³/mol. The van der Waals surface area contributed by atoms with Crippen molar-refractivity contribution in [2.45, 2.75) is 27.0 Å². The van der Waals surface area contributed by atoms with Crippen LogP contribution in [0.25, 0.3) is 0 Å². The minimum atomic E-state index is -0.871. The van der Waals surface area contributed by atoms with Crippen molar-refractivity contribution in [1.29, 1.82) is 0 Å². The Balaban J connectivity index is 2.01. The molecule has 1 unspecified atom stereocenters. The summed E-state index contributed by atoms with van der Waals surface area (Å²) in [7, 11) is 0. The number of amides is 1. The smallest absolute Gasteiger partial charge is 0.308 e. The van der Waals surface area contributed by atoms with E-state index in [2.05, 4.69) is 21.0 Å². The lowest BCUT2D eigenvalue weighted by Crippen LogP contribution is -2.26. The van der Waals surface area contributed by atoms with Crippen LogP contribution in [0.1, 0.15) is 37.2 Å². The number of nitrogens with zero attached hydrogens (tertiary/aromatic N) is 2. The summed E-state index contributed by atoms with van der Waals surface area (Å²) in [6.45, 7) is 4.48. The zero-order chi connectivity index (χ0) is 18.1. The van der Waals surface area contributed by atoms with Crippen LogP contribution in [0.5, 0.6) is 5.75 Å². The van der Waals surface area contributed by atoms with Crippen LogP contribution in [0.15, 0.2) is 44.3 Å². The Labute approximate surface area is 152 Å². The molecule has 1 aliphatic rings. The van der Waals surface area contributed by atoms with Gasteiger partial charge in [-0.05, 0) is 37.3 Å². The molecule has 3 rings (SSSR count). The molecule has 0 N–H and O–H groups in total. The number of furan rings is 1. The Morgan fingerprint density at radius 3 is 2.60 bits per heavy atom. The Bertz CT molecular complexity index is 874. The molecule has 0 bridgehead atoms. The summed E-state index contributed by atoms with van der Waals surface area (Å²) in [6.07, 6.45) is -0.871. The van der Waals surface area contributed by atoms with Gasteiger partial charge in [-0.2, -0.15) is 5.01 Å². The molecule has 1 aliphatic heterocycles. The lowest BCUT2D eigenvalue weighted by atomic mass is 10.1. The molecule has 0 spiro atoms. The average Bonchev–Trinajstić information content (AvgIpc) is 3.14. The molecule has 7 nitrogen and oxygen atoms in total. The fourth-order valence-electron chi connectivity index (χ4n) is 2.38. The van der Waals surface area contributed by atoms with Gasteiger partial charge in [0.15, 0.2) is 5.76 Å². The maximum Gasteiger partial charge on any atom is 0.308 e. The van der Waals surface area contributed by atoms with Crippen molar-refractivity contribution in [2.24, 2.45) is 5.10 Å². The Morgan fingerprint density at radius 2 is 2.00 bits per heavy atom. The highest BCUT2D eigenvalue weighted by atomic mass is 79.9. The highest BCUT2D eigenvalue weighted by molar-refractivity contribution is 9.10. The van der Waals surface area contributed by atoms with Crippen LogP contribution >= 0.6 is 15.9 Å². The number of carbonyl (C=O) groups excluding carboxylic acids is 2. The number of rotatable bonds is 3. The van der Waals surface area contributed by atoms with Gasteiger partial charge in [0.1, 0.15) is 11.5 Å². The molecule has 25 heavy (non-hydrogen) atoms. The topological polar surface area (TPSA) is 81.3 Å². The first-order chi connectivity index (χ1) is 11.8. The quantitative estimate of drug-likeness (QED) is 0.575. The summed E-state index contributed by atoms with van der Waals surface area (Å²) < 4.78 is 17.3. The monoisotopic (exact) mass is 406 g/mol. The maximum atomic E-state index is 12.0. The van der Waals surface area contributed by atoms with Crippen molar-refractivity contribution in [3.63, 3.8) is 0 Å². The standard InChI is InChI=1S/C17H15BrN2O5/c1-9-4-6-15(23-9)16-19-20(10(2)21)17(25-16)13-8-12(18)5-7-14(13)24-11(3)22/h4-8,17H,1-3H3. The first kappa shape index (κ1) is 17.2. The molecule has 1 atom stereocenters. The van der Waals surface area contributed by atoms with E-state index in [0.29, 0.717) is 22.8 Å². The first-order valence-electron chi connectivity index (χ1n) is 7.45. The molecule has 1 amide bonds. The molecule has 8 heteroatoms. The minimum absolute atomic E-state index is 0.182. The number of halogens is 1. The number of hydrazone groups is 1. The summed E-state index contributed by atoms with van der Waals surface area (Å²) in [5, 5.41) is 5.39. The zero-order valence-electron chi connectivity index (χ0n) is 13.8. The van der Waals surface area contributed by atoms with Crippen LogP contribution in [0, 0.1) is 6.92 Å². The van der Waals surface area contributed by atoms with Gasteiger partial charge in [0, 0.05) is 18.3 Å². The summed E-state index contributed by atoms with van der Waals surface area (Å²) in [5.74, 6) is 0.786. The maximum absolute atomic E-state index is 12.0. The number of esters is 1. The zero-order valence-corrected chi connectivity index (χ0v) is 15.4. The molecule has 0 fully saturated rings. The second-order valence-electron chi connectivity index (χ2n) is 5.43. The summed E-state index contributed by atoms with van der Waals surface area (Å²) in [4.78, 5) is 23.4. The van der Waals surface area contributed by atoms with Gasteiger partial charge in [0.25, 0.3) is 5.90 Å². The Morgan fingerprint density at radius 1 is 1.24 bits per heavy atom. The molecule has 1 aromatic carbocycles. The molecule has 0 aliphatic carbocycles. The molecular weight excluding hydrogens is 392 g/mol. The van der Waals surface area contributed by atoms with E-state index in [1.165, 1.54) is 18.9 Å². The van der Waals surface area contributed by atoms with E-state index in [-0.39, 0.29) is 11.8 Å². The van der Waals surface area contributed by atoms with E-state index in [4.69, 9.17) is 13.9 Å². The number of ether oxygens (including phenoxy) is 2. The third-order valence-electron chi connectivity index (χ3n) is 3.41. The van der Waals surface area contributed by atoms with Crippen LogP contribution in [0.3, 0.4) is 0 Å². The fourth-order valence-corrected chi connectivity index (χ4v) is 2.76. The van der Waals surface area contributed by atoms with Crippen molar-refractivity contribution in [3.05, 3.63) is 51.9 Å². The SMILES string of the molecule is CC(=O)Oc1ccc(Br)cc1C1OC(c2ccc(C)o2)=NN1C(C)=O. The van der Waals surface area contributed by atoms with E-state index < -0.39 is 12.2 Å². The van der Waals surface area contributed by atoms with E-state index in [9.17, 15) is 9.59 Å². The van der Waals surface area contributed by atoms with Crippen LogP contribution in [0.2, 0.25) is 0 Å². The van der Waals surface area contributed by atoms with Crippen molar-refractivity contribution in [1.82, 2.24) is 5.01 Å². The van der Waals surface area contributed by atoms with Gasteiger partial charge in [-0.3, -0.25) is 9.59 Å². The lowest BCUT2D eigenvalue weighted by molar-refractivity contribution is -0.135. The van der Waals surface area contributed by atoms with Crippen LogP contribution in [-0.4, -0.2) is 22.8 Å². The van der Waals surface area contributed by atoms with Gasteiger partial charge in [-0.25, -0.2) is 0 Å². The van der Waals surface area contributed by atoms with Gasteiger partial charge in [-0.15, -0.1) is 5.10 Å². The van der Waals surface area contributed by atoms with E-state index in [1.54, 1.807) is 37.3 Å². The summed E-state index contributed by atoms with van der Waals surface area (Å²) in [6, 6.07) is 8.55. The first-order valence-corrected chi connectivity index (χ1v) is 8.24. The van der Waals surface area contributed by atoms with Gasteiger partial charge in [-0.1, -0.05) is 15.9 Å². The highest BCUT2D eigenvalue weighted by Crippen LogP contribution is 2.37. The highest BCUT2D eigenvalue weighted by Gasteiger charge is 2.36. The molecular formula is C17H15BrN2O5. The van der Waals surface area contributed by atoms with Crippen molar-refractivity contribution in [2.75, 3.05) is 0 Å². The third kappa shape index (κ3) is 3.58. The van der Waals surface area contributed by atoms with E-state index >= 15 is 0 Å². The molecule has 130 valence electrons. The Hall–Kier alpha value is -2.61. The number of hydrogen-bond acceptors (Lipinski definition) is 6. The Kier molecular flexibility index (Phi) is 4.63. The number of carbonyl (C=O) groups is 2. The normalized spacial score (nSPS) is 16.4. The fraction of sp³-hybridized carbons (Fsp3) is 0.235. The van der Waals surface area contributed by atoms with Gasteiger partial charge in [0.2, 0.25) is 12.1 Å². The molecule has 0 radical (unpaired) electrons. The molecule has 2 heterocycles. The van der Waals surface area contributed by atoms with Crippen molar-refractivity contribution < 1.29 is 23.5 Å². The number of aryl methyl sites for hydroxylation is 1. The average molecular weight is 407 g/mol. The summed E-state index contributed by atoms with van der Waals surface area (Å²) in [5.41, 5.74) is 0.488. The van der Waals surface area contributed by atoms with Crippen LogP contribution in [0.4, 0.5) is 0 Å². The van der Waals surface area contributed by atoms with Gasteiger partial charge >= 0.3 is 5.97 Å². The third-order valence-corrected chi connectivity index (χ3v) is 3.90. The largest absolute Gasteiger partial charge is 0.456 e. The predicted octanol–water partition coefficient (Wildman–Crippen LogP) is 3.51. The van der Waals surface area contributed by atoms with Crippen LogP contribution in [-0.2, 0) is 14.3 Å². The van der Waals surface area contributed by atoms with Crippen molar-refractivity contribution >= 4 is 33.7 Å². The number of hydrogen-bond donors (Lipinski definition) is 0. The number of benzene rings is 1. The van der Waals surface area contributed by atoms with Gasteiger partial charge < -0.3 is 13.9 Å². The summed E-state index contributed by atoms with van der Waals surface area (Å²) >= 11 is 3.37.